The van der Waals surface area contributed by atoms with E-state index in [-0.39, 0.29) is 47.4 Å². The van der Waals surface area contributed by atoms with E-state index in [1.54, 1.807) is 6.92 Å². The number of hydrogen-bond acceptors (Lipinski definition) is 16. The average molecular weight is 716 g/mol. The number of aromatic hydroxyl groups is 2. The van der Waals surface area contributed by atoms with Gasteiger partial charge in [-0.15, -0.1) is 0 Å². The number of nitrogens with one attached hydrogen (secondary N) is 1. The molecule has 6 atom stereocenters. The molecule has 16 nitrogen and oxygen atoms in total. The zero-order valence-corrected chi connectivity index (χ0v) is 28.5. The van der Waals surface area contributed by atoms with Gasteiger partial charge in [-0.2, -0.15) is 0 Å². The molecule has 276 valence electrons. The van der Waals surface area contributed by atoms with Crippen molar-refractivity contribution in [2.24, 2.45) is 0 Å². The molecule has 2 aromatic rings. The van der Waals surface area contributed by atoms with Crippen molar-refractivity contribution < 1.29 is 73.2 Å². The topological polar surface area (TPSA) is 245 Å². The Morgan fingerprint density at radius 3 is 2.33 bits per heavy atom. The van der Waals surface area contributed by atoms with Gasteiger partial charge in [0.05, 0.1) is 42.1 Å². The molecule has 0 aromatic heterocycles. The van der Waals surface area contributed by atoms with E-state index >= 15 is 0 Å². The monoisotopic (exact) mass is 715 g/mol. The van der Waals surface area contributed by atoms with E-state index in [4.69, 9.17) is 23.7 Å². The quantitative estimate of drug-likeness (QED) is 0.0659. The number of aliphatic hydroxyl groups excluding tert-OH is 2. The van der Waals surface area contributed by atoms with Gasteiger partial charge in [-0.3, -0.25) is 24.0 Å². The fraction of sp³-hybridized carbons (Fsp3) is 0.514. The first kappa shape index (κ1) is 37.8. The first-order chi connectivity index (χ1) is 24.1. The van der Waals surface area contributed by atoms with Crippen LogP contribution >= 0.6 is 0 Å². The maximum Gasteiger partial charge on any atom is 0.305 e. The van der Waals surface area contributed by atoms with Crippen LogP contribution in [0.25, 0.3) is 0 Å². The number of aliphatic hydroxyl groups is 3. The molecular formula is C35H41NO15. The summed E-state index contributed by atoms with van der Waals surface area (Å²) in [6.07, 6.45) is -6.12. The van der Waals surface area contributed by atoms with Crippen LogP contribution in [0.4, 0.5) is 0 Å². The minimum absolute atomic E-state index is 0.000705. The second kappa shape index (κ2) is 15.0. The van der Waals surface area contributed by atoms with Crippen molar-refractivity contribution in [1.29, 1.82) is 0 Å². The lowest BCUT2D eigenvalue weighted by atomic mass is 9.72. The Bertz CT molecular complexity index is 1720. The lowest BCUT2D eigenvalue weighted by molar-refractivity contribution is -0.249. The summed E-state index contributed by atoms with van der Waals surface area (Å²) in [4.78, 5) is 63.2. The molecule has 1 heterocycles. The van der Waals surface area contributed by atoms with Crippen LogP contribution < -0.4 is 10.1 Å². The molecule has 1 saturated heterocycles. The van der Waals surface area contributed by atoms with E-state index in [1.165, 1.54) is 39.2 Å². The first-order valence-electron chi connectivity index (χ1n) is 16.4. The molecule has 2 aromatic carbocycles. The Kier molecular flexibility index (Phi) is 11.1. The minimum atomic E-state index is -2.31. The van der Waals surface area contributed by atoms with Crippen molar-refractivity contribution in [2.75, 3.05) is 20.3 Å². The highest BCUT2D eigenvalue weighted by atomic mass is 16.7. The Morgan fingerprint density at radius 1 is 1.04 bits per heavy atom. The number of carbonyl (C=O) groups is 5. The molecule has 16 heteroatoms. The largest absolute Gasteiger partial charge is 0.507 e. The van der Waals surface area contributed by atoms with E-state index in [2.05, 4.69) is 5.32 Å². The third-order valence-electron chi connectivity index (χ3n) is 9.38. The van der Waals surface area contributed by atoms with Gasteiger partial charge in [0, 0.05) is 62.3 Å². The Hall–Kier alpha value is -4.45. The van der Waals surface area contributed by atoms with E-state index in [0.717, 1.165) is 0 Å². The summed E-state index contributed by atoms with van der Waals surface area (Å²) in [6.45, 7) is 3.17. The van der Waals surface area contributed by atoms with Crippen molar-refractivity contribution in [3.05, 3.63) is 51.6 Å². The fourth-order valence-corrected chi connectivity index (χ4v) is 6.99. The molecule has 0 amide bonds. The second-order valence-corrected chi connectivity index (χ2v) is 12.8. The van der Waals surface area contributed by atoms with Gasteiger partial charge in [0.1, 0.15) is 29.5 Å². The first-order valence-corrected chi connectivity index (χ1v) is 16.4. The molecule has 0 saturated carbocycles. The Labute approximate surface area is 292 Å². The van der Waals surface area contributed by atoms with Crippen LogP contribution in [0.2, 0.25) is 0 Å². The SMILES string of the molecule is COc1cccc2c1C(=O)c1c(O)c3c(c(O)c1C2=O)C[C@@](O)(C(=O)CO)CC3OC1CC(NCCCC(OC(C)=O)OC(C)=O)C(O)C(C)O1. The van der Waals surface area contributed by atoms with Crippen LogP contribution in [0, 0.1) is 0 Å². The molecule has 0 radical (unpaired) electrons. The molecule has 51 heavy (non-hydrogen) atoms. The van der Waals surface area contributed by atoms with Gasteiger partial charge in [-0.1, -0.05) is 12.1 Å². The Morgan fingerprint density at radius 2 is 1.71 bits per heavy atom. The van der Waals surface area contributed by atoms with Crippen molar-refractivity contribution >= 4 is 29.3 Å². The van der Waals surface area contributed by atoms with Crippen LogP contribution in [-0.4, -0.2) is 112 Å². The van der Waals surface area contributed by atoms with Gasteiger partial charge in [-0.25, -0.2) is 0 Å². The number of carbonyl (C=O) groups excluding carboxylic acids is 5. The number of hydrogen-bond donors (Lipinski definition) is 6. The van der Waals surface area contributed by atoms with E-state index in [1.807, 2.05) is 0 Å². The number of rotatable bonds is 12. The maximum atomic E-state index is 13.9. The summed E-state index contributed by atoms with van der Waals surface area (Å²) >= 11 is 0. The van der Waals surface area contributed by atoms with E-state index in [0.29, 0.717) is 6.42 Å². The predicted octanol–water partition coefficient (Wildman–Crippen LogP) is 0.865. The van der Waals surface area contributed by atoms with Crippen molar-refractivity contribution in [1.82, 2.24) is 5.32 Å². The summed E-state index contributed by atoms with van der Waals surface area (Å²) in [7, 11) is 1.31. The van der Waals surface area contributed by atoms with Crippen LogP contribution in [-0.2, 0) is 39.8 Å². The highest BCUT2D eigenvalue weighted by molar-refractivity contribution is 6.31. The zero-order chi connectivity index (χ0) is 37.4. The van der Waals surface area contributed by atoms with E-state index < -0.39 is 114 Å². The molecule has 5 rings (SSSR count). The van der Waals surface area contributed by atoms with Crippen molar-refractivity contribution in [3.8, 4) is 17.2 Å². The van der Waals surface area contributed by atoms with Gasteiger partial charge in [0.2, 0.25) is 12.1 Å². The third-order valence-corrected chi connectivity index (χ3v) is 9.38. The summed E-state index contributed by atoms with van der Waals surface area (Å²) in [5.41, 5.74) is -3.92. The van der Waals surface area contributed by atoms with Crippen molar-refractivity contribution in [2.45, 2.75) is 95.4 Å². The smallest absolute Gasteiger partial charge is 0.305 e. The fourth-order valence-electron chi connectivity index (χ4n) is 6.99. The molecule has 3 aliphatic rings. The number of benzene rings is 2. The summed E-state index contributed by atoms with van der Waals surface area (Å²) in [5, 5.41) is 58.5. The standard InChI is InChI=1S/C35H41NO15/c1-15-30(41)20(36-10-6-9-24(49-16(2)38)50-17(3)39)11-25(48-15)51-22-13-35(46,23(40)14-37)12-19-27(22)34(45)29-28(32(19)43)31(42)18-7-5-8-21(47-4)26(18)33(29)44/h5,7-8,15,20,22,24-25,30,36-37,41,43,45-46H,6,9-14H2,1-4H3/t15?,20?,22?,25?,30?,35-/m0/s1. The molecule has 1 aliphatic heterocycles. The minimum Gasteiger partial charge on any atom is -0.507 e. The lowest BCUT2D eigenvalue weighted by Gasteiger charge is -2.43. The molecule has 1 fully saturated rings. The van der Waals surface area contributed by atoms with Gasteiger partial charge in [0.15, 0.2) is 17.9 Å². The molecule has 2 aliphatic carbocycles. The zero-order valence-electron chi connectivity index (χ0n) is 28.5. The number of Topliss-reactive ketones (excluding diaryl/α,β-unsaturated/α-hetero) is 1. The van der Waals surface area contributed by atoms with Crippen LogP contribution in [0.1, 0.15) is 95.5 Å². The van der Waals surface area contributed by atoms with E-state index in [9.17, 15) is 49.5 Å². The number of phenolic OH excluding ortho intramolecular Hbond substituents is 2. The number of esters is 2. The number of methoxy groups -OCH3 is 1. The normalized spacial score (nSPS) is 25.5. The van der Waals surface area contributed by atoms with Gasteiger partial charge < -0.3 is 54.5 Å². The molecule has 0 spiro atoms. The summed E-state index contributed by atoms with van der Waals surface area (Å²) in [6, 6.07) is 3.68. The molecular weight excluding hydrogens is 674 g/mol. The van der Waals surface area contributed by atoms with Crippen LogP contribution in [0.3, 0.4) is 0 Å². The Balaban J connectivity index is 1.44. The van der Waals surface area contributed by atoms with Crippen molar-refractivity contribution in [3.63, 3.8) is 0 Å². The van der Waals surface area contributed by atoms with Gasteiger partial charge in [0.25, 0.3) is 0 Å². The highest BCUT2D eigenvalue weighted by Gasteiger charge is 2.50. The summed E-state index contributed by atoms with van der Waals surface area (Å²) in [5.74, 6) is -5.24. The third kappa shape index (κ3) is 7.33. The highest BCUT2D eigenvalue weighted by Crippen LogP contribution is 2.52. The summed E-state index contributed by atoms with van der Waals surface area (Å²) < 4.78 is 27.5. The molecule has 0 bridgehead atoms. The average Bonchev–Trinajstić information content (AvgIpc) is 3.07. The lowest BCUT2D eigenvalue weighted by Crippen LogP contribution is -2.54. The van der Waals surface area contributed by atoms with Crippen LogP contribution in [0.5, 0.6) is 17.2 Å². The van der Waals surface area contributed by atoms with Gasteiger partial charge >= 0.3 is 11.9 Å². The number of fused-ring (bicyclic) bond motifs is 3. The maximum absolute atomic E-state index is 13.9. The second-order valence-electron chi connectivity index (χ2n) is 12.8. The molecule has 5 unspecified atom stereocenters. The molecule has 6 N–H and O–H groups in total. The van der Waals surface area contributed by atoms with Gasteiger partial charge in [-0.05, 0) is 26.0 Å². The number of ether oxygens (including phenoxy) is 5. The number of phenols is 2. The predicted molar refractivity (Wildman–Crippen MR) is 172 cm³/mol. The number of ketones is 3. The van der Waals surface area contributed by atoms with Crippen LogP contribution in [0.15, 0.2) is 18.2 Å².